The van der Waals surface area contributed by atoms with Crippen LogP contribution in [0.4, 0.5) is 4.39 Å². The van der Waals surface area contributed by atoms with Crippen molar-refractivity contribution in [1.29, 1.82) is 0 Å². The van der Waals surface area contributed by atoms with Gasteiger partial charge in [-0.1, -0.05) is 0 Å². The number of nitrogens with one attached hydrogen (secondary N) is 1. The Kier molecular flexibility index (Phi) is 4.92. The lowest BCUT2D eigenvalue weighted by Gasteiger charge is -2.27. The van der Waals surface area contributed by atoms with Crippen molar-refractivity contribution in [3.63, 3.8) is 0 Å². The van der Waals surface area contributed by atoms with E-state index in [4.69, 9.17) is 9.47 Å². The number of hydrogen-bond donors (Lipinski definition) is 1. The Bertz CT molecular complexity index is 1310. The number of methoxy groups -OCH3 is 2. The third kappa shape index (κ3) is 3.15. The summed E-state index contributed by atoms with van der Waals surface area (Å²) in [5, 5.41) is 3.28. The molecular weight excluding hydrogens is 411 g/mol. The molecule has 2 heterocycles. The van der Waals surface area contributed by atoms with Crippen molar-refractivity contribution in [1.82, 2.24) is 9.88 Å². The van der Waals surface area contributed by atoms with Gasteiger partial charge < -0.3 is 19.4 Å². The van der Waals surface area contributed by atoms with Gasteiger partial charge in [0.25, 0.3) is 5.91 Å². The number of fused-ring (bicyclic) bond motifs is 1. The summed E-state index contributed by atoms with van der Waals surface area (Å²) in [6.45, 7) is 2.05. The average molecular weight is 436 g/mol. The van der Waals surface area contributed by atoms with Gasteiger partial charge in [0.05, 0.1) is 25.8 Å². The van der Waals surface area contributed by atoms with Crippen molar-refractivity contribution in [3.05, 3.63) is 68.8 Å². The van der Waals surface area contributed by atoms with Crippen LogP contribution in [0.5, 0.6) is 11.5 Å². The maximum absolute atomic E-state index is 14.2. The van der Waals surface area contributed by atoms with Gasteiger partial charge in [0, 0.05) is 17.6 Å². The van der Waals surface area contributed by atoms with Crippen molar-refractivity contribution < 1.29 is 18.7 Å². The van der Waals surface area contributed by atoms with Crippen molar-refractivity contribution in [2.75, 3.05) is 14.2 Å². The van der Waals surface area contributed by atoms with E-state index in [0.29, 0.717) is 24.3 Å². The molecule has 0 bridgehead atoms. The molecule has 0 saturated carbocycles. The Morgan fingerprint density at radius 2 is 1.78 bits per heavy atom. The van der Waals surface area contributed by atoms with E-state index in [-0.39, 0.29) is 23.0 Å². The summed E-state index contributed by atoms with van der Waals surface area (Å²) >= 11 is 0. The molecule has 1 aromatic heterocycles. The number of hydrogen-bond acceptors (Lipinski definition) is 4. The fourth-order valence-electron chi connectivity index (χ4n) is 5.06. The molecule has 0 saturated heterocycles. The third-order valence-corrected chi connectivity index (χ3v) is 6.75. The lowest BCUT2D eigenvalue weighted by atomic mass is 9.95. The summed E-state index contributed by atoms with van der Waals surface area (Å²) in [6, 6.07) is 6.42. The average Bonchev–Trinajstić information content (AvgIpc) is 3.17. The quantitative estimate of drug-likeness (QED) is 0.669. The minimum atomic E-state index is -0.450. The van der Waals surface area contributed by atoms with Crippen molar-refractivity contribution in [3.8, 4) is 11.5 Å². The number of rotatable bonds is 4. The molecule has 1 aliphatic carbocycles. The highest BCUT2D eigenvalue weighted by molar-refractivity contribution is 5.98. The Hall–Kier alpha value is -3.35. The molecule has 1 aliphatic heterocycles. The maximum Gasteiger partial charge on any atom is 0.257 e. The molecule has 2 aliphatic rings. The molecule has 0 fully saturated rings. The van der Waals surface area contributed by atoms with E-state index in [1.54, 1.807) is 20.4 Å². The first-order chi connectivity index (χ1) is 15.4. The number of amides is 1. The summed E-state index contributed by atoms with van der Waals surface area (Å²) in [5.74, 6) is 0.349. The normalized spacial score (nSPS) is 19.0. The fourth-order valence-corrected chi connectivity index (χ4v) is 5.06. The molecule has 32 heavy (non-hydrogen) atoms. The number of ether oxygens (including phenoxy) is 2. The molecular formula is C25H25FN2O4. The van der Waals surface area contributed by atoms with Crippen LogP contribution in [-0.2, 0) is 12.8 Å². The van der Waals surface area contributed by atoms with E-state index < -0.39 is 17.2 Å². The second kappa shape index (κ2) is 7.65. The summed E-state index contributed by atoms with van der Waals surface area (Å²) in [4.78, 5) is 26.4. The first-order valence-electron chi connectivity index (χ1n) is 10.8. The van der Waals surface area contributed by atoms with Crippen molar-refractivity contribution in [2.24, 2.45) is 0 Å². The standard InChI is InChI=1S/C25H25FN2O4/c1-13-4-5-15-8-16(26)10-18-23(15)28(13)12-19(24(18)29)25(30)27-20-7-6-14-9-21(31-2)22(32-3)11-17(14)20/h8-13,20H,4-7H2,1-3H3,(H,27,30). The molecule has 2 aromatic carbocycles. The first-order valence-corrected chi connectivity index (χ1v) is 10.8. The number of halogens is 1. The van der Waals surface area contributed by atoms with Gasteiger partial charge >= 0.3 is 0 Å². The van der Waals surface area contributed by atoms with E-state index in [0.717, 1.165) is 35.0 Å². The topological polar surface area (TPSA) is 69.6 Å². The highest BCUT2D eigenvalue weighted by Gasteiger charge is 2.29. The van der Waals surface area contributed by atoms with Gasteiger partial charge in [-0.05, 0) is 73.6 Å². The Labute approximate surface area is 185 Å². The first kappa shape index (κ1) is 20.5. The van der Waals surface area contributed by atoms with E-state index in [1.807, 2.05) is 23.6 Å². The monoisotopic (exact) mass is 436 g/mol. The largest absolute Gasteiger partial charge is 0.493 e. The van der Waals surface area contributed by atoms with E-state index in [2.05, 4.69) is 5.32 Å². The highest BCUT2D eigenvalue weighted by atomic mass is 19.1. The predicted molar refractivity (Wildman–Crippen MR) is 119 cm³/mol. The Balaban J connectivity index is 1.54. The molecule has 0 radical (unpaired) electrons. The van der Waals surface area contributed by atoms with E-state index in [1.165, 1.54) is 12.1 Å². The van der Waals surface area contributed by atoms with Crippen LogP contribution in [-0.4, -0.2) is 24.7 Å². The van der Waals surface area contributed by atoms with Crippen LogP contribution in [0.15, 0.2) is 35.3 Å². The van der Waals surface area contributed by atoms with Gasteiger partial charge in [0.15, 0.2) is 11.5 Å². The lowest BCUT2D eigenvalue weighted by molar-refractivity contribution is 0.0935. The summed E-state index contributed by atoms with van der Waals surface area (Å²) < 4.78 is 26.9. The second-order valence-corrected chi connectivity index (χ2v) is 8.60. The Morgan fingerprint density at radius 3 is 2.53 bits per heavy atom. The number of carbonyl (C=O) groups is 1. The minimum Gasteiger partial charge on any atom is -0.493 e. The smallest absolute Gasteiger partial charge is 0.257 e. The van der Waals surface area contributed by atoms with Crippen LogP contribution >= 0.6 is 0 Å². The molecule has 3 aromatic rings. The van der Waals surface area contributed by atoms with Gasteiger partial charge in [0.1, 0.15) is 11.4 Å². The zero-order valence-electron chi connectivity index (χ0n) is 18.3. The number of aromatic nitrogens is 1. The van der Waals surface area contributed by atoms with Crippen molar-refractivity contribution >= 4 is 16.8 Å². The highest BCUT2D eigenvalue weighted by Crippen LogP contribution is 2.39. The van der Waals surface area contributed by atoms with Gasteiger partial charge in [-0.3, -0.25) is 9.59 Å². The molecule has 166 valence electrons. The predicted octanol–water partition coefficient (Wildman–Crippen LogP) is 4.08. The second-order valence-electron chi connectivity index (χ2n) is 8.60. The molecule has 5 rings (SSSR count). The number of pyridine rings is 1. The molecule has 0 spiro atoms. The van der Waals surface area contributed by atoms with Crippen LogP contribution < -0.4 is 20.2 Å². The maximum atomic E-state index is 14.2. The summed E-state index contributed by atoms with van der Waals surface area (Å²) in [6.07, 6.45) is 4.68. The minimum absolute atomic E-state index is 0.0386. The van der Waals surface area contributed by atoms with Crippen LogP contribution in [0.3, 0.4) is 0 Å². The lowest BCUT2D eigenvalue weighted by Crippen LogP contribution is -2.33. The molecule has 6 nitrogen and oxygen atoms in total. The van der Waals surface area contributed by atoms with Gasteiger partial charge in [-0.2, -0.15) is 0 Å². The van der Waals surface area contributed by atoms with E-state index >= 15 is 0 Å². The SMILES string of the molecule is COc1cc2c(cc1OC)C(NC(=O)c1cn3c4c(cc(F)cc4c1=O)CCC3C)CC2. The van der Waals surface area contributed by atoms with Gasteiger partial charge in [0.2, 0.25) is 5.43 Å². The van der Waals surface area contributed by atoms with Crippen LogP contribution in [0.2, 0.25) is 0 Å². The van der Waals surface area contributed by atoms with Gasteiger partial charge in [-0.25, -0.2) is 4.39 Å². The molecule has 2 unspecified atom stereocenters. The van der Waals surface area contributed by atoms with Crippen LogP contribution in [0, 0.1) is 5.82 Å². The molecule has 7 heteroatoms. The fraction of sp³-hybridized carbons (Fsp3) is 0.360. The molecule has 2 atom stereocenters. The van der Waals surface area contributed by atoms with Crippen LogP contribution in [0.1, 0.15) is 58.9 Å². The summed E-state index contributed by atoms with van der Waals surface area (Å²) in [7, 11) is 3.16. The molecule has 1 amide bonds. The molecule has 1 N–H and O–H groups in total. The Morgan fingerprint density at radius 1 is 1.06 bits per heavy atom. The van der Waals surface area contributed by atoms with Crippen LogP contribution in [0.25, 0.3) is 10.9 Å². The van der Waals surface area contributed by atoms with Gasteiger partial charge in [-0.15, -0.1) is 0 Å². The van der Waals surface area contributed by atoms with Crippen molar-refractivity contribution in [2.45, 2.75) is 44.7 Å². The number of benzene rings is 2. The number of nitrogens with zero attached hydrogens (tertiary/aromatic N) is 1. The van der Waals surface area contributed by atoms with E-state index in [9.17, 15) is 14.0 Å². The number of aryl methyl sites for hydroxylation is 2. The zero-order chi connectivity index (χ0) is 22.6. The number of carbonyl (C=O) groups excluding carboxylic acids is 1. The third-order valence-electron chi connectivity index (χ3n) is 6.75. The zero-order valence-corrected chi connectivity index (χ0v) is 18.3. The summed E-state index contributed by atoms with van der Waals surface area (Å²) in [5.41, 5.74) is 3.19.